The number of carboxylic acids is 1. The average Bonchev–Trinajstić information content (AvgIpc) is 2.83. The Bertz CT molecular complexity index is 918. The molecule has 0 aliphatic rings. The number of phenolic OH excluding ortho intramolecular Hbond substituents is 1. The van der Waals surface area contributed by atoms with Crippen molar-refractivity contribution in [3.8, 4) is 5.75 Å². The lowest BCUT2D eigenvalue weighted by Gasteiger charge is -2.27. The molecule has 0 bridgehead atoms. The van der Waals surface area contributed by atoms with E-state index in [0.29, 0.717) is 18.4 Å². The second-order valence-electron chi connectivity index (χ2n) is 8.41. The number of carbonyl (C=O) groups excluding carboxylic acids is 3. The number of aliphatic carboxylic acids is 1. The highest BCUT2D eigenvalue weighted by molar-refractivity contribution is 5.93. The van der Waals surface area contributed by atoms with Gasteiger partial charge < -0.3 is 43.4 Å². The Kier molecular flexibility index (Phi) is 12.7. The lowest BCUT2D eigenvalue weighted by atomic mass is 9.97. The quantitative estimate of drug-likeness (QED) is 0.0784. The van der Waals surface area contributed by atoms with E-state index in [2.05, 4.69) is 20.9 Å². The summed E-state index contributed by atoms with van der Waals surface area (Å²) in [4.78, 5) is 53.6. The van der Waals surface area contributed by atoms with Crippen molar-refractivity contribution in [2.75, 3.05) is 13.1 Å². The van der Waals surface area contributed by atoms with E-state index in [1.165, 1.54) is 12.1 Å². The Labute approximate surface area is 209 Å². The molecule has 0 saturated heterocycles. The van der Waals surface area contributed by atoms with E-state index in [-0.39, 0.29) is 43.6 Å². The summed E-state index contributed by atoms with van der Waals surface area (Å²) in [5, 5.41) is 26.7. The number of nitrogens with zero attached hydrogens (tertiary/aromatic N) is 1. The van der Waals surface area contributed by atoms with Gasteiger partial charge in [0, 0.05) is 13.0 Å². The van der Waals surface area contributed by atoms with E-state index in [1.807, 2.05) is 6.92 Å². The lowest BCUT2D eigenvalue weighted by Crippen LogP contribution is -2.57. The summed E-state index contributed by atoms with van der Waals surface area (Å²) in [7, 11) is 0. The van der Waals surface area contributed by atoms with E-state index in [4.69, 9.17) is 17.2 Å². The Morgan fingerprint density at radius 1 is 1.00 bits per heavy atom. The van der Waals surface area contributed by atoms with Gasteiger partial charge in [0.05, 0.1) is 6.54 Å². The number of aliphatic imine (C=N–C) groups is 1. The smallest absolute Gasteiger partial charge is 0.326 e. The van der Waals surface area contributed by atoms with Gasteiger partial charge in [-0.15, -0.1) is 0 Å². The van der Waals surface area contributed by atoms with Gasteiger partial charge in [-0.2, -0.15) is 0 Å². The van der Waals surface area contributed by atoms with Crippen molar-refractivity contribution >= 4 is 29.7 Å². The number of hydrogen-bond donors (Lipinski definition) is 8. The predicted octanol–water partition coefficient (Wildman–Crippen LogP) is -1.47. The first kappa shape index (κ1) is 30.2. The zero-order valence-corrected chi connectivity index (χ0v) is 20.6. The first-order valence-corrected chi connectivity index (χ1v) is 11.6. The molecule has 4 atom stereocenters. The zero-order chi connectivity index (χ0) is 27.3. The molecule has 36 heavy (non-hydrogen) atoms. The Morgan fingerprint density at radius 3 is 2.14 bits per heavy atom. The third kappa shape index (κ3) is 10.6. The van der Waals surface area contributed by atoms with Crippen molar-refractivity contribution in [3.05, 3.63) is 29.8 Å². The molecule has 0 fully saturated rings. The standard InChI is InChI=1S/C23H37N7O6/c1-3-13(2)19(30-18(32)12-24)21(34)28-16(5-4-10-27-23(25)26)20(33)29-17(22(35)36)11-14-6-8-15(31)9-7-14/h6-9,13,16-17,19,31H,3-5,10-12,24H2,1-2H3,(H,28,34)(H,29,33)(H,30,32)(H,35,36)(H4,25,26,27). The van der Waals surface area contributed by atoms with E-state index in [0.717, 1.165) is 0 Å². The van der Waals surface area contributed by atoms with Gasteiger partial charge in [-0.25, -0.2) is 4.79 Å². The minimum Gasteiger partial charge on any atom is -0.508 e. The summed E-state index contributed by atoms with van der Waals surface area (Å²) < 4.78 is 0. The van der Waals surface area contributed by atoms with Crippen LogP contribution in [-0.4, -0.2) is 71.1 Å². The SMILES string of the molecule is CCC(C)C(NC(=O)CN)C(=O)NC(CCCN=C(N)N)C(=O)NC(Cc1ccc(O)cc1)C(=O)O. The number of nitrogens with two attached hydrogens (primary N) is 3. The maximum atomic E-state index is 13.1. The normalized spacial score (nSPS) is 14.0. The van der Waals surface area contributed by atoms with Crippen LogP contribution in [-0.2, 0) is 25.6 Å². The van der Waals surface area contributed by atoms with E-state index in [1.54, 1.807) is 19.1 Å². The Morgan fingerprint density at radius 2 is 1.61 bits per heavy atom. The fourth-order valence-corrected chi connectivity index (χ4v) is 3.31. The van der Waals surface area contributed by atoms with Crippen molar-refractivity contribution in [1.82, 2.24) is 16.0 Å². The van der Waals surface area contributed by atoms with Crippen LogP contribution >= 0.6 is 0 Å². The molecule has 13 nitrogen and oxygen atoms in total. The molecule has 1 aromatic rings. The Hall–Kier alpha value is -3.87. The van der Waals surface area contributed by atoms with Crippen molar-refractivity contribution < 1.29 is 29.4 Å². The van der Waals surface area contributed by atoms with Gasteiger partial charge in [0.2, 0.25) is 17.7 Å². The number of benzene rings is 1. The van der Waals surface area contributed by atoms with Crippen LogP contribution in [0.5, 0.6) is 5.75 Å². The fraction of sp³-hybridized carbons (Fsp3) is 0.522. The fourth-order valence-electron chi connectivity index (χ4n) is 3.31. The van der Waals surface area contributed by atoms with E-state index < -0.39 is 41.8 Å². The molecule has 0 aromatic heterocycles. The maximum Gasteiger partial charge on any atom is 0.326 e. The molecule has 4 unspecified atom stereocenters. The monoisotopic (exact) mass is 507 g/mol. The molecule has 0 spiro atoms. The van der Waals surface area contributed by atoms with Gasteiger partial charge in [0.15, 0.2) is 5.96 Å². The maximum absolute atomic E-state index is 13.1. The first-order valence-electron chi connectivity index (χ1n) is 11.6. The molecule has 0 heterocycles. The number of carboxylic acid groups (broad SMARTS) is 1. The van der Waals surface area contributed by atoms with Gasteiger partial charge in [0.1, 0.15) is 23.9 Å². The van der Waals surface area contributed by atoms with Gasteiger partial charge in [-0.05, 0) is 36.5 Å². The van der Waals surface area contributed by atoms with Gasteiger partial charge in [0.25, 0.3) is 0 Å². The highest BCUT2D eigenvalue weighted by Crippen LogP contribution is 2.13. The van der Waals surface area contributed by atoms with Crippen LogP contribution < -0.4 is 33.2 Å². The van der Waals surface area contributed by atoms with Crippen LogP contribution in [0, 0.1) is 5.92 Å². The molecule has 1 aromatic carbocycles. The molecule has 0 aliphatic heterocycles. The third-order valence-corrected chi connectivity index (χ3v) is 5.57. The highest BCUT2D eigenvalue weighted by atomic mass is 16.4. The number of hydrogen-bond acceptors (Lipinski definition) is 7. The second-order valence-corrected chi connectivity index (χ2v) is 8.41. The molecule has 13 heteroatoms. The third-order valence-electron chi connectivity index (χ3n) is 5.57. The van der Waals surface area contributed by atoms with Crippen LogP contribution in [0.1, 0.15) is 38.7 Å². The zero-order valence-electron chi connectivity index (χ0n) is 20.6. The summed E-state index contributed by atoms with van der Waals surface area (Å²) in [6, 6.07) is 2.56. The molecule has 1 rings (SSSR count). The summed E-state index contributed by atoms with van der Waals surface area (Å²) in [6.45, 7) is 3.50. The number of phenols is 1. The first-order chi connectivity index (χ1) is 17.0. The topological polar surface area (TPSA) is 235 Å². The van der Waals surface area contributed by atoms with Crippen molar-refractivity contribution in [2.45, 2.75) is 57.7 Å². The largest absolute Gasteiger partial charge is 0.508 e. The minimum absolute atomic E-state index is 0.0239. The van der Waals surface area contributed by atoms with Crippen LogP contribution in [0.3, 0.4) is 0 Å². The number of aromatic hydroxyl groups is 1. The predicted molar refractivity (Wildman–Crippen MR) is 134 cm³/mol. The summed E-state index contributed by atoms with van der Waals surface area (Å²) in [5.74, 6) is -3.46. The molecule has 11 N–H and O–H groups in total. The minimum atomic E-state index is -1.29. The summed E-state index contributed by atoms with van der Waals surface area (Å²) in [5.41, 5.74) is 16.6. The molecule has 0 aliphatic carbocycles. The van der Waals surface area contributed by atoms with E-state index in [9.17, 15) is 29.4 Å². The van der Waals surface area contributed by atoms with Gasteiger partial charge in [-0.1, -0.05) is 32.4 Å². The molecule has 200 valence electrons. The van der Waals surface area contributed by atoms with Crippen molar-refractivity contribution in [2.24, 2.45) is 28.1 Å². The molecular weight excluding hydrogens is 470 g/mol. The molecule has 3 amide bonds. The Balaban J connectivity index is 3.05. The molecule has 0 saturated carbocycles. The number of nitrogens with one attached hydrogen (secondary N) is 3. The lowest BCUT2D eigenvalue weighted by molar-refractivity contribution is -0.142. The van der Waals surface area contributed by atoms with Crippen LogP contribution in [0.4, 0.5) is 0 Å². The second kappa shape index (κ2) is 15.2. The van der Waals surface area contributed by atoms with Crippen molar-refractivity contribution in [3.63, 3.8) is 0 Å². The molecular formula is C23H37N7O6. The molecule has 0 radical (unpaired) electrons. The van der Waals surface area contributed by atoms with Crippen molar-refractivity contribution in [1.29, 1.82) is 0 Å². The number of carbonyl (C=O) groups is 4. The van der Waals surface area contributed by atoms with Crippen LogP contribution in [0.15, 0.2) is 29.3 Å². The van der Waals surface area contributed by atoms with Crippen LogP contribution in [0.25, 0.3) is 0 Å². The number of guanidine groups is 1. The van der Waals surface area contributed by atoms with Gasteiger partial charge in [-0.3, -0.25) is 19.4 Å². The average molecular weight is 508 g/mol. The highest BCUT2D eigenvalue weighted by Gasteiger charge is 2.31. The van der Waals surface area contributed by atoms with Crippen LogP contribution in [0.2, 0.25) is 0 Å². The van der Waals surface area contributed by atoms with E-state index >= 15 is 0 Å². The summed E-state index contributed by atoms with van der Waals surface area (Å²) in [6.07, 6.45) is 0.948. The number of rotatable bonds is 15. The number of amides is 3. The summed E-state index contributed by atoms with van der Waals surface area (Å²) >= 11 is 0. The van der Waals surface area contributed by atoms with Gasteiger partial charge >= 0.3 is 5.97 Å².